The molecule has 1 aliphatic rings. The average molecular weight is 224 g/mol. The highest BCUT2D eigenvalue weighted by Gasteiger charge is 2.25. The largest absolute Gasteiger partial charge is 0.390 e. The minimum atomic E-state index is -4.04. The van der Waals surface area contributed by atoms with Crippen molar-refractivity contribution in [1.82, 2.24) is 10.6 Å². The molecule has 1 fully saturated rings. The summed E-state index contributed by atoms with van der Waals surface area (Å²) in [5.74, 6) is 0. The molecule has 0 spiro atoms. The number of hydrogen-bond acceptors (Lipinski definition) is 2. The predicted octanol–water partition coefficient (Wildman–Crippen LogP) is 2.06. The van der Waals surface area contributed by atoms with Crippen molar-refractivity contribution in [3.05, 3.63) is 0 Å². The van der Waals surface area contributed by atoms with Gasteiger partial charge < -0.3 is 10.6 Å². The molecule has 90 valence electrons. The summed E-state index contributed by atoms with van der Waals surface area (Å²) in [7, 11) is 0. The number of halogens is 3. The number of nitrogens with one attached hydrogen (secondary N) is 2. The van der Waals surface area contributed by atoms with E-state index in [0.29, 0.717) is 12.6 Å². The van der Waals surface area contributed by atoms with Gasteiger partial charge in [0.1, 0.15) is 0 Å². The van der Waals surface area contributed by atoms with E-state index >= 15 is 0 Å². The standard InChI is InChI=1S/C10H19F3N2/c11-10(12,13)5-6-14-7-8-15-9-3-1-2-4-9/h9,14-15H,1-8H2. The molecule has 0 aromatic rings. The summed E-state index contributed by atoms with van der Waals surface area (Å²) in [6.45, 7) is 1.41. The van der Waals surface area contributed by atoms with E-state index in [-0.39, 0.29) is 6.54 Å². The topological polar surface area (TPSA) is 24.1 Å². The lowest BCUT2D eigenvalue weighted by Gasteiger charge is -2.12. The maximum Gasteiger partial charge on any atom is 0.390 e. The molecule has 2 N–H and O–H groups in total. The quantitative estimate of drug-likeness (QED) is 0.675. The normalized spacial score (nSPS) is 18.6. The summed E-state index contributed by atoms with van der Waals surface area (Å²) < 4.78 is 35.3. The summed E-state index contributed by atoms with van der Waals surface area (Å²) in [5, 5.41) is 6.12. The van der Waals surface area contributed by atoms with Crippen LogP contribution in [0.25, 0.3) is 0 Å². The first-order valence-corrected chi connectivity index (χ1v) is 5.59. The predicted molar refractivity (Wildman–Crippen MR) is 53.8 cm³/mol. The highest BCUT2D eigenvalue weighted by Crippen LogP contribution is 2.18. The Hall–Kier alpha value is -0.290. The third kappa shape index (κ3) is 6.73. The van der Waals surface area contributed by atoms with Gasteiger partial charge in [0.25, 0.3) is 0 Å². The average Bonchev–Trinajstić information content (AvgIpc) is 2.61. The fraction of sp³-hybridized carbons (Fsp3) is 1.00. The first kappa shape index (κ1) is 12.8. The van der Waals surface area contributed by atoms with Crippen molar-refractivity contribution in [1.29, 1.82) is 0 Å². The number of hydrogen-bond donors (Lipinski definition) is 2. The molecule has 0 saturated heterocycles. The first-order valence-electron chi connectivity index (χ1n) is 5.59. The Labute approximate surface area is 88.6 Å². The summed E-state index contributed by atoms with van der Waals surface area (Å²) >= 11 is 0. The van der Waals surface area contributed by atoms with E-state index in [1.807, 2.05) is 0 Å². The summed E-state index contributed by atoms with van der Waals surface area (Å²) in [5.41, 5.74) is 0. The Kier molecular flexibility index (Phi) is 5.39. The van der Waals surface area contributed by atoms with Gasteiger partial charge in [-0.25, -0.2) is 0 Å². The van der Waals surface area contributed by atoms with Crippen molar-refractivity contribution in [3.63, 3.8) is 0 Å². The Bertz CT molecular complexity index is 165. The van der Waals surface area contributed by atoms with E-state index in [4.69, 9.17) is 0 Å². The zero-order valence-corrected chi connectivity index (χ0v) is 8.87. The number of rotatable bonds is 6. The van der Waals surface area contributed by atoms with Gasteiger partial charge in [-0.2, -0.15) is 13.2 Å². The Balaban J connectivity index is 1.84. The van der Waals surface area contributed by atoms with E-state index in [1.54, 1.807) is 0 Å². The Morgan fingerprint density at radius 2 is 1.67 bits per heavy atom. The van der Waals surface area contributed by atoms with Crippen LogP contribution in [0.1, 0.15) is 32.1 Å². The fourth-order valence-electron chi connectivity index (χ4n) is 1.85. The van der Waals surface area contributed by atoms with E-state index < -0.39 is 12.6 Å². The molecule has 5 heteroatoms. The molecule has 0 amide bonds. The van der Waals surface area contributed by atoms with Crippen molar-refractivity contribution in [2.24, 2.45) is 0 Å². The second-order valence-electron chi connectivity index (χ2n) is 4.05. The number of alkyl halides is 3. The van der Waals surface area contributed by atoms with Gasteiger partial charge in [0.15, 0.2) is 0 Å². The van der Waals surface area contributed by atoms with Crippen molar-refractivity contribution in [2.45, 2.75) is 44.3 Å². The summed E-state index contributed by atoms with van der Waals surface area (Å²) in [6.07, 6.45) is 0.200. The molecule has 15 heavy (non-hydrogen) atoms. The van der Waals surface area contributed by atoms with Crippen molar-refractivity contribution < 1.29 is 13.2 Å². The van der Waals surface area contributed by atoms with Crippen molar-refractivity contribution in [3.8, 4) is 0 Å². The molecule has 0 radical (unpaired) electrons. The third-order valence-electron chi connectivity index (χ3n) is 2.68. The van der Waals surface area contributed by atoms with E-state index in [2.05, 4.69) is 10.6 Å². The monoisotopic (exact) mass is 224 g/mol. The second-order valence-corrected chi connectivity index (χ2v) is 4.05. The van der Waals surface area contributed by atoms with Crippen LogP contribution < -0.4 is 10.6 Å². The highest BCUT2D eigenvalue weighted by atomic mass is 19.4. The van der Waals surface area contributed by atoms with Crippen LogP contribution in [0, 0.1) is 0 Å². The molecule has 1 aliphatic carbocycles. The molecule has 0 bridgehead atoms. The molecule has 1 saturated carbocycles. The summed E-state index contributed by atoms with van der Waals surface area (Å²) in [4.78, 5) is 0. The van der Waals surface area contributed by atoms with Crippen LogP contribution in [-0.2, 0) is 0 Å². The SMILES string of the molecule is FC(F)(F)CCNCCNC1CCCC1. The maximum atomic E-state index is 11.8. The fourth-order valence-corrected chi connectivity index (χ4v) is 1.85. The van der Waals surface area contributed by atoms with Crippen LogP contribution in [-0.4, -0.2) is 31.9 Å². The first-order chi connectivity index (χ1) is 7.08. The van der Waals surface area contributed by atoms with E-state index in [1.165, 1.54) is 25.7 Å². The van der Waals surface area contributed by atoms with Crippen LogP contribution in [0.3, 0.4) is 0 Å². The molecular formula is C10H19F3N2. The molecule has 2 nitrogen and oxygen atoms in total. The molecule has 0 aliphatic heterocycles. The van der Waals surface area contributed by atoms with Gasteiger partial charge in [0.2, 0.25) is 0 Å². The van der Waals surface area contributed by atoms with Gasteiger partial charge in [0.05, 0.1) is 6.42 Å². The lowest BCUT2D eigenvalue weighted by Crippen LogP contribution is -2.34. The zero-order chi connectivity index (χ0) is 11.1. The van der Waals surface area contributed by atoms with E-state index in [9.17, 15) is 13.2 Å². The second kappa shape index (κ2) is 6.33. The molecule has 0 atom stereocenters. The minimum Gasteiger partial charge on any atom is -0.315 e. The molecule has 1 rings (SSSR count). The van der Waals surface area contributed by atoms with E-state index in [0.717, 1.165) is 6.54 Å². The molecule has 0 aromatic carbocycles. The van der Waals surface area contributed by atoms with Gasteiger partial charge in [-0.1, -0.05) is 12.8 Å². The summed E-state index contributed by atoms with van der Waals surface area (Å²) in [6, 6.07) is 0.592. The van der Waals surface area contributed by atoms with Gasteiger partial charge in [-0.3, -0.25) is 0 Å². The van der Waals surface area contributed by atoms with Crippen LogP contribution in [0.15, 0.2) is 0 Å². The van der Waals surface area contributed by atoms with Gasteiger partial charge in [-0.15, -0.1) is 0 Å². The Morgan fingerprint density at radius 1 is 1.00 bits per heavy atom. The smallest absolute Gasteiger partial charge is 0.315 e. The van der Waals surface area contributed by atoms with Crippen molar-refractivity contribution in [2.75, 3.05) is 19.6 Å². The van der Waals surface area contributed by atoms with Crippen LogP contribution in [0.4, 0.5) is 13.2 Å². The highest BCUT2D eigenvalue weighted by molar-refractivity contribution is 4.73. The maximum absolute atomic E-state index is 11.8. The molecule has 0 heterocycles. The van der Waals surface area contributed by atoms with Crippen LogP contribution in [0.2, 0.25) is 0 Å². The third-order valence-corrected chi connectivity index (χ3v) is 2.68. The van der Waals surface area contributed by atoms with Gasteiger partial charge >= 0.3 is 6.18 Å². The lowest BCUT2D eigenvalue weighted by molar-refractivity contribution is -0.133. The Morgan fingerprint density at radius 3 is 2.27 bits per heavy atom. The van der Waals surface area contributed by atoms with Crippen molar-refractivity contribution >= 4 is 0 Å². The lowest BCUT2D eigenvalue weighted by atomic mass is 10.2. The van der Waals surface area contributed by atoms with Gasteiger partial charge in [0, 0.05) is 25.7 Å². The molecule has 0 aromatic heterocycles. The van der Waals surface area contributed by atoms with Crippen LogP contribution in [0.5, 0.6) is 0 Å². The zero-order valence-electron chi connectivity index (χ0n) is 8.87. The minimum absolute atomic E-state index is 0.0237. The van der Waals surface area contributed by atoms with Gasteiger partial charge in [-0.05, 0) is 12.8 Å². The molecular weight excluding hydrogens is 205 g/mol. The molecule has 0 unspecified atom stereocenters. The van der Waals surface area contributed by atoms with Crippen LogP contribution >= 0.6 is 0 Å².